The van der Waals surface area contributed by atoms with Crippen LogP contribution in [0.4, 0.5) is 5.69 Å². The van der Waals surface area contributed by atoms with Crippen LogP contribution in [0.3, 0.4) is 0 Å². The van der Waals surface area contributed by atoms with Gasteiger partial charge in [0.1, 0.15) is 5.69 Å². The van der Waals surface area contributed by atoms with Gasteiger partial charge in [0.25, 0.3) is 0 Å². The van der Waals surface area contributed by atoms with Crippen LogP contribution < -0.4 is 0 Å². The van der Waals surface area contributed by atoms with Gasteiger partial charge in [0, 0.05) is 16.7 Å². The van der Waals surface area contributed by atoms with Gasteiger partial charge >= 0.3 is 0 Å². The van der Waals surface area contributed by atoms with Gasteiger partial charge < -0.3 is 0 Å². The molecule has 0 N–H and O–H groups in total. The van der Waals surface area contributed by atoms with E-state index in [9.17, 15) is 0 Å². The van der Waals surface area contributed by atoms with E-state index in [1.54, 1.807) is 0 Å². The lowest BCUT2D eigenvalue weighted by molar-refractivity contribution is 0.300. The molecule has 0 aliphatic carbocycles. The Morgan fingerprint density at radius 3 is 2.47 bits per heavy atom. The molecule has 4 heteroatoms. The van der Waals surface area contributed by atoms with Crippen LogP contribution >= 0.6 is 22.6 Å². The van der Waals surface area contributed by atoms with Gasteiger partial charge in [-0.25, -0.2) is 0 Å². The molecule has 1 aromatic rings. The van der Waals surface area contributed by atoms with Gasteiger partial charge in [-0.3, -0.25) is 5.01 Å². The number of hydrogen-bond acceptors (Lipinski definition) is 2. The summed E-state index contributed by atoms with van der Waals surface area (Å²) in [5, 5.41) is 10.3. The zero-order valence-corrected chi connectivity index (χ0v) is 11.5. The predicted octanol–water partition coefficient (Wildman–Crippen LogP) is 3.94. The van der Waals surface area contributed by atoms with Crippen LogP contribution in [-0.4, -0.2) is 18.1 Å². The minimum atomic E-state index is 0.891. The molecule has 0 spiro atoms. The zero-order chi connectivity index (χ0) is 11.3. The third-order valence-electron chi connectivity index (χ3n) is 2.11. The van der Waals surface area contributed by atoms with E-state index in [2.05, 4.69) is 65.8 Å². The highest BCUT2D eigenvalue weighted by molar-refractivity contribution is 14.1. The largest absolute Gasteiger partial charge is 0.279 e. The number of hydrogen-bond donors (Lipinski definition) is 0. The Bertz CT molecular complexity index is 346. The van der Waals surface area contributed by atoms with Crippen molar-refractivity contribution in [1.82, 2.24) is 5.01 Å². The van der Waals surface area contributed by atoms with E-state index in [-0.39, 0.29) is 0 Å². The van der Waals surface area contributed by atoms with E-state index in [0.717, 1.165) is 22.3 Å². The molecule has 0 bridgehead atoms. The number of nitrogens with zero attached hydrogens (tertiary/aromatic N) is 3. The lowest BCUT2D eigenvalue weighted by Gasteiger charge is -2.11. The minimum absolute atomic E-state index is 0.891. The molecule has 82 valence electrons. The third-order valence-corrected chi connectivity index (χ3v) is 2.98. The summed E-state index contributed by atoms with van der Waals surface area (Å²) in [5.41, 5.74) is 2.19. The highest BCUT2D eigenvalue weighted by Crippen LogP contribution is 2.22. The topological polar surface area (TPSA) is 28.0 Å². The molecule has 0 fully saturated rings. The monoisotopic (exact) mass is 317 g/mol. The maximum absolute atomic E-state index is 4.23. The first kappa shape index (κ1) is 12.4. The fourth-order valence-electron chi connectivity index (χ4n) is 1.15. The van der Waals surface area contributed by atoms with Gasteiger partial charge in [-0.15, -0.1) is 5.11 Å². The molecule has 3 nitrogen and oxygen atoms in total. The van der Waals surface area contributed by atoms with Gasteiger partial charge in [0.15, 0.2) is 0 Å². The molecule has 15 heavy (non-hydrogen) atoms. The van der Waals surface area contributed by atoms with E-state index < -0.39 is 0 Å². The Labute approximate surface area is 105 Å². The first-order valence-corrected chi connectivity index (χ1v) is 6.18. The van der Waals surface area contributed by atoms with E-state index in [4.69, 9.17) is 0 Å². The standard InChI is InChI=1S/C11H16IN3/c1-4-15(5-2)14-13-11-7-6-9(3)8-10(11)12/h6-8H,4-5H2,1-3H3. The molecule has 1 rings (SSSR count). The molecule has 0 amide bonds. The van der Waals surface area contributed by atoms with Gasteiger partial charge in [-0.1, -0.05) is 11.3 Å². The van der Waals surface area contributed by atoms with E-state index in [0.29, 0.717) is 0 Å². The van der Waals surface area contributed by atoms with Crippen molar-refractivity contribution >= 4 is 28.3 Å². The molecule has 1 aromatic carbocycles. The highest BCUT2D eigenvalue weighted by Gasteiger charge is 1.98. The fourth-order valence-corrected chi connectivity index (χ4v) is 1.93. The number of rotatable bonds is 4. The Balaban J connectivity index is 2.80. The van der Waals surface area contributed by atoms with Crippen molar-refractivity contribution in [2.45, 2.75) is 20.8 Å². The van der Waals surface area contributed by atoms with Crippen LogP contribution in [0.2, 0.25) is 0 Å². The summed E-state index contributed by atoms with van der Waals surface area (Å²) in [5.74, 6) is 0. The van der Waals surface area contributed by atoms with E-state index in [1.165, 1.54) is 5.56 Å². The maximum Gasteiger partial charge on any atom is 0.101 e. The normalized spacial score (nSPS) is 10.9. The molecule has 0 saturated heterocycles. The molecule has 0 aromatic heterocycles. The quantitative estimate of drug-likeness (QED) is 0.470. The fraction of sp³-hybridized carbons (Fsp3) is 0.455. The Hall–Kier alpha value is -0.650. The van der Waals surface area contributed by atoms with Gasteiger partial charge in [-0.05, 0) is 61.1 Å². The van der Waals surface area contributed by atoms with E-state index >= 15 is 0 Å². The first-order chi connectivity index (χ1) is 7.17. The highest BCUT2D eigenvalue weighted by atomic mass is 127. The summed E-state index contributed by atoms with van der Waals surface area (Å²) in [6.45, 7) is 8.00. The Morgan fingerprint density at radius 2 is 1.93 bits per heavy atom. The summed E-state index contributed by atoms with van der Waals surface area (Å²) in [4.78, 5) is 0. The lowest BCUT2D eigenvalue weighted by atomic mass is 10.2. The summed E-state index contributed by atoms with van der Waals surface area (Å²) in [6.07, 6.45) is 0. The zero-order valence-electron chi connectivity index (χ0n) is 9.37. The summed E-state index contributed by atoms with van der Waals surface area (Å²) < 4.78 is 1.14. The minimum Gasteiger partial charge on any atom is -0.279 e. The lowest BCUT2D eigenvalue weighted by Crippen LogP contribution is -2.14. The first-order valence-electron chi connectivity index (χ1n) is 5.10. The van der Waals surface area contributed by atoms with Crippen LogP contribution in [0, 0.1) is 10.5 Å². The molecule has 0 heterocycles. The molecule has 0 saturated carbocycles. The average molecular weight is 317 g/mol. The molecule has 0 atom stereocenters. The second-order valence-corrected chi connectivity index (χ2v) is 4.45. The van der Waals surface area contributed by atoms with Gasteiger partial charge in [-0.2, -0.15) is 0 Å². The van der Waals surface area contributed by atoms with Crippen molar-refractivity contribution in [2.75, 3.05) is 13.1 Å². The van der Waals surface area contributed by atoms with Crippen LogP contribution in [0.5, 0.6) is 0 Å². The average Bonchev–Trinajstić information content (AvgIpc) is 2.22. The van der Waals surface area contributed by atoms with Crippen LogP contribution in [0.1, 0.15) is 19.4 Å². The molecular weight excluding hydrogens is 301 g/mol. The van der Waals surface area contributed by atoms with Crippen molar-refractivity contribution in [3.63, 3.8) is 0 Å². The number of benzene rings is 1. The summed E-state index contributed by atoms with van der Waals surface area (Å²) >= 11 is 2.28. The molecule has 0 aliphatic heterocycles. The van der Waals surface area contributed by atoms with Crippen molar-refractivity contribution in [2.24, 2.45) is 10.3 Å². The third kappa shape index (κ3) is 3.77. The SMILES string of the molecule is CCN(CC)N=Nc1ccc(C)cc1I. The second-order valence-electron chi connectivity index (χ2n) is 3.28. The van der Waals surface area contributed by atoms with Gasteiger partial charge in [0.2, 0.25) is 0 Å². The number of halogens is 1. The summed E-state index contributed by atoms with van der Waals surface area (Å²) in [6, 6.07) is 6.17. The summed E-state index contributed by atoms with van der Waals surface area (Å²) in [7, 11) is 0. The molecule has 0 unspecified atom stereocenters. The van der Waals surface area contributed by atoms with Crippen LogP contribution in [0.25, 0.3) is 0 Å². The maximum atomic E-state index is 4.23. The molecule has 0 radical (unpaired) electrons. The molecule has 0 aliphatic rings. The Kier molecular flexibility index (Phi) is 5.01. The van der Waals surface area contributed by atoms with Crippen LogP contribution in [-0.2, 0) is 0 Å². The molecular formula is C11H16IN3. The number of aryl methyl sites for hydroxylation is 1. The smallest absolute Gasteiger partial charge is 0.101 e. The van der Waals surface area contributed by atoms with Crippen molar-refractivity contribution in [3.8, 4) is 0 Å². The predicted molar refractivity (Wildman–Crippen MR) is 71.3 cm³/mol. The van der Waals surface area contributed by atoms with Crippen molar-refractivity contribution in [3.05, 3.63) is 27.3 Å². The van der Waals surface area contributed by atoms with Gasteiger partial charge in [0.05, 0.1) is 0 Å². The Morgan fingerprint density at radius 1 is 1.27 bits per heavy atom. The van der Waals surface area contributed by atoms with E-state index in [1.807, 2.05) is 11.1 Å². The van der Waals surface area contributed by atoms with Crippen molar-refractivity contribution in [1.29, 1.82) is 0 Å². The van der Waals surface area contributed by atoms with Crippen molar-refractivity contribution < 1.29 is 0 Å². The van der Waals surface area contributed by atoms with Crippen LogP contribution in [0.15, 0.2) is 28.5 Å². The second kappa shape index (κ2) is 6.05.